The second-order valence-electron chi connectivity index (χ2n) is 4.26. The molecule has 2 aromatic rings. The molecule has 0 saturated heterocycles. The van der Waals surface area contributed by atoms with Gasteiger partial charge in [-0.05, 0) is 31.2 Å². The third kappa shape index (κ3) is 3.92. The molecule has 102 valence electrons. The highest BCUT2D eigenvalue weighted by Gasteiger charge is 2.06. The van der Waals surface area contributed by atoms with Crippen molar-refractivity contribution >= 4 is 5.97 Å². The Bertz CT molecular complexity index is 777. The van der Waals surface area contributed by atoms with Crippen LogP contribution in [0.4, 0.5) is 4.39 Å². The van der Waals surface area contributed by atoms with E-state index in [-0.39, 0.29) is 11.3 Å². The summed E-state index contributed by atoms with van der Waals surface area (Å²) in [4.78, 5) is 11.5. The fourth-order valence-electron chi connectivity index (χ4n) is 1.54. The lowest BCUT2D eigenvalue weighted by Gasteiger charge is -2.00. The Hall–Kier alpha value is -3.11. The summed E-state index contributed by atoms with van der Waals surface area (Å²) in [6, 6.07) is 12.6. The zero-order chi connectivity index (χ0) is 15.2. The summed E-state index contributed by atoms with van der Waals surface area (Å²) in [5, 5.41) is 8.60. The minimum Gasteiger partial charge on any atom is -0.417 e. The molecule has 0 unspecified atom stereocenters. The largest absolute Gasteiger partial charge is 0.417 e. The van der Waals surface area contributed by atoms with Crippen LogP contribution in [-0.2, 0) is 4.79 Å². The molecule has 0 aliphatic heterocycles. The fraction of sp³-hybridized carbons (Fsp3) is 0.0588. The smallest absolute Gasteiger partial charge is 0.390 e. The predicted octanol–water partition coefficient (Wildman–Crippen LogP) is 2.96. The lowest BCUT2D eigenvalue weighted by atomic mass is 10.2. The molecular formula is C17H10FNO2. The number of benzene rings is 2. The molecule has 0 amide bonds. The lowest BCUT2D eigenvalue weighted by Crippen LogP contribution is -2.05. The molecule has 3 nitrogen and oxygen atoms in total. The van der Waals surface area contributed by atoms with Crippen LogP contribution in [0, 0.1) is 35.9 Å². The van der Waals surface area contributed by atoms with E-state index in [4.69, 9.17) is 10.00 Å². The average Bonchev–Trinajstić information content (AvgIpc) is 2.47. The molecule has 2 aromatic carbocycles. The van der Waals surface area contributed by atoms with Gasteiger partial charge in [0, 0.05) is 17.6 Å². The van der Waals surface area contributed by atoms with Crippen molar-refractivity contribution in [2.24, 2.45) is 0 Å². The lowest BCUT2D eigenvalue weighted by molar-refractivity contribution is -0.128. The summed E-state index contributed by atoms with van der Waals surface area (Å²) < 4.78 is 18.2. The topological polar surface area (TPSA) is 50.1 Å². The predicted molar refractivity (Wildman–Crippen MR) is 74.8 cm³/mol. The highest BCUT2D eigenvalue weighted by molar-refractivity contribution is 5.90. The van der Waals surface area contributed by atoms with E-state index in [1.807, 2.05) is 19.1 Å². The van der Waals surface area contributed by atoms with Crippen molar-refractivity contribution < 1.29 is 13.9 Å². The van der Waals surface area contributed by atoms with Gasteiger partial charge in [0.1, 0.15) is 17.6 Å². The summed E-state index contributed by atoms with van der Waals surface area (Å²) in [5.74, 6) is 3.45. The third-order valence-corrected chi connectivity index (χ3v) is 2.63. The number of carbonyl (C=O) groups is 1. The van der Waals surface area contributed by atoms with Crippen LogP contribution in [0.3, 0.4) is 0 Å². The number of nitriles is 1. The van der Waals surface area contributed by atoms with Crippen LogP contribution < -0.4 is 4.74 Å². The van der Waals surface area contributed by atoms with E-state index >= 15 is 0 Å². The Morgan fingerprint density at radius 3 is 2.52 bits per heavy atom. The van der Waals surface area contributed by atoms with Gasteiger partial charge in [-0.2, -0.15) is 5.26 Å². The van der Waals surface area contributed by atoms with Gasteiger partial charge in [-0.15, -0.1) is 0 Å². The maximum Gasteiger partial charge on any atom is 0.390 e. The van der Waals surface area contributed by atoms with Crippen LogP contribution in [-0.4, -0.2) is 5.97 Å². The van der Waals surface area contributed by atoms with E-state index in [0.29, 0.717) is 5.56 Å². The van der Waals surface area contributed by atoms with E-state index in [1.54, 1.807) is 18.2 Å². The van der Waals surface area contributed by atoms with E-state index < -0.39 is 11.8 Å². The molecule has 0 aromatic heterocycles. The molecule has 0 aliphatic carbocycles. The molecule has 21 heavy (non-hydrogen) atoms. The normalized spacial score (nSPS) is 9.19. The van der Waals surface area contributed by atoms with Crippen molar-refractivity contribution in [1.29, 1.82) is 5.26 Å². The minimum atomic E-state index is -0.792. The summed E-state index contributed by atoms with van der Waals surface area (Å²) in [7, 11) is 0. The maximum absolute atomic E-state index is 13.3. The number of ether oxygens (including phenoxy) is 1. The maximum atomic E-state index is 13.3. The van der Waals surface area contributed by atoms with Gasteiger partial charge < -0.3 is 4.74 Å². The van der Waals surface area contributed by atoms with Crippen molar-refractivity contribution in [1.82, 2.24) is 0 Å². The molecule has 2 rings (SSSR count). The number of halogens is 1. The Balaban J connectivity index is 2.07. The molecule has 0 fully saturated rings. The Labute approximate surface area is 121 Å². The number of hydrogen-bond acceptors (Lipinski definition) is 3. The first kappa shape index (κ1) is 14.3. The number of carbonyl (C=O) groups excluding carboxylic acids is 1. The molecule has 4 heteroatoms. The zero-order valence-electron chi connectivity index (χ0n) is 11.2. The van der Waals surface area contributed by atoms with Crippen molar-refractivity contribution in [2.45, 2.75) is 6.92 Å². The van der Waals surface area contributed by atoms with Gasteiger partial charge in [0.05, 0.1) is 5.56 Å². The van der Waals surface area contributed by atoms with Crippen molar-refractivity contribution in [3.05, 3.63) is 65.0 Å². The number of rotatable bonds is 1. The van der Waals surface area contributed by atoms with Crippen LogP contribution in [0.1, 0.15) is 16.7 Å². The second-order valence-corrected chi connectivity index (χ2v) is 4.26. The van der Waals surface area contributed by atoms with Gasteiger partial charge in [0.25, 0.3) is 0 Å². The summed E-state index contributed by atoms with van der Waals surface area (Å²) in [6.45, 7) is 1.95. The first-order valence-electron chi connectivity index (χ1n) is 6.08. The van der Waals surface area contributed by atoms with Crippen LogP contribution in [0.2, 0.25) is 0 Å². The van der Waals surface area contributed by atoms with E-state index in [0.717, 1.165) is 11.6 Å². The Morgan fingerprint density at radius 1 is 1.19 bits per heavy atom. The van der Waals surface area contributed by atoms with E-state index in [2.05, 4.69) is 11.8 Å². The number of nitrogens with zero attached hydrogens (tertiary/aromatic N) is 1. The van der Waals surface area contributed by atoms with Crippen molar-refractivity contribution in [3.63, 3.8) is 0 Å². The van der Waals surface area contributed by atoms with Crippen LogP contribution in [0.15, 0.2) is 42.5 Å². The van der Waals surface area contributed by atoms with Gasteiger partial charge in [-0.25, -0.2) is 9.18 Å². The molecule has 0 saturated carbocycles. The third-order valence-electron chi connectivity index (χ3n) is 2.63. The molecule has 0 atom stereocenters. The van der Waals surface area contributed by atoms with Gasteiger partial charge in [-0.1, -0.05) is 23.6 Å². The minimum absolute atomic E-state index is 0.00899. The SMILES string of the molecule is Cc1ccc(C#CC(=O)Oc2ccc(C#N)c(F)c2)cc1. The molecule has 0 aliphatic rings. The molecule has 0 bridgehead atoms. The first-order chi connectivity index (χ1) is 10.1. The number of hydrogen-bond donors (Lipinski definition) is 0. The highest BCUT2D eigenvalue weighted by Crippen LogP contribution is 2.16. The molecular weight excluding hydrogens is 269 g/mol. The first-order valence-corrected chi connectivity index (χ1v) is 6.08. The number of aryl methyl sites for hydroxylation is 1. The number of esters is 1. The van der Waals surface area contributed by atoms with Gasteiger partial charge >= 0.3 is 5.97 Å². The van der Waals surface area contributed by atoms with Crippen molar-refractivity contribution in [3.8, 4) is 23.7 Å². The van der Waals surface area contributed by atoms with Gasteiger partial charge in [0.2, 0.25) is 0 Å². The van der Waals surface area contributed by atoms with E-state index in [9.17, 15) is 9.18 Å². The molecule has 0 N–H and O–H groups in total. The standard InChI is InChI=1S/C17H10FNO2/c1-12-2-4-13(5-3-12)6-9-17(20)21-15-8-7-14(11-19)16(18)10-15/h2-5,7-8,10H,1H3. The summed E-state index contributed by atoms with van der Waals surface area (Å²) in [5.41, 5.74) is 1.67. The zero-order valence-corrected chi connectivity index (χ0v) is 11.2. The fourth-order valence-corrected chi connectivity index (χ4v) is 1.54. The molecule has 0 radical (unpaired) electrons. The monoisotopic (exact) mass is 279 g/mol. The van der Waals surface area contributed by atoms with Gasteiger partial charge in [0.15, 0.2) is 0 Å². The molecule has 0 heterocycles. The van der Waals surface area contributed by atoms with Crippen LogP contribution in [0.5, 0.6) is 5.75 Å². The Kier molecular flexibility index (Phi) is 4.33. The van der Waals surface area contributed by atoms with Gasteiger partial charge in [-0.3, -0.25) is 0 Å². The second kappa shape index (κ2) is 6.36. The Morgan fingerprint density at radius 2 is 1.90 bits per heavy atom. The van der Waals surface area contributed by atoms with E-state index in [1.165, 1.54) is 12.1 Å². The molecule has 0 spiro atoms. The average molecular weight is 279 g/mol. The van der Waals surface area contributed by atoms with Crippen LogP contribution in [0.25, 0.3) is 0 Å². The highest BCUT2D eigenvalue weighted by atomic mass is 19.1. The summed E-state index contributed by atoms with van der Waals surface area (Å²) in [6.07, 6.45) is 0. The quantitative estimate of drug-likeness (QED) is 0.458. The van der Waals surface area contributed by atoms with Crippen LogP contribution >= 0.6 is 0 Å². The summed E-state index contributed by atoms with van der Waals surface area (Å²) >= 11 is 0. The van der Waals surface area contributed by atoms with Crippen molar-refractivity contribution in [2.75, 3.05) is 0 Å².